The first-order valence-electron chi connectivity index (χ1n) is 7.55. The third-order valence-corrected chi connectivity index (χ3v) is 4.18. The number of ether oxygens (including phenoxy) is 1. The monoisotopic (exact) mass is 381 g/mol. The normalized spacial score (nSPS) is 10.2. The Morgan fingerprint density at radius 3 is 2.33 bits per heavy atom. The lowest BCUT2D eigenvalue weighted by atomic mass is 10.1. The van der Waals surface area contributed by atoms with Crippen LogP contribution in [0.15, 0.2) is 83.3 Å². The van der Waals surface area contributed by atoms with Crippen molar-refractivity contribution >= 4 is 27.5 Å². The van der Waals surface area contributed by atoms with Gasteiger partial charge in [0, 0.05) is 4.47 Å². The summed E-state index contributed by atoms with van der Waals surface area (Å²) in [4.78, 5) is 12.6. The van der Waals surface area contributed by atoms with Gasteiger partial charge in [-0.1, -0.05) is 54.6 Å². The molecule has 1 N–H and O–H groups in total. The van der Waals surface area contributed by atoms with E-state index in [-0.39, 0.29) is 5.91 Å². The molecular weight excluding hydrogens is 366 g/mol. The molecule has 0 aliphatic heterocycles. The molecule has 3 aromatic carbocycles. The van der Waals surface area contributed by atoms with E-state index in [1.54, 1.807) is 12.1 Å². The van der Waals surface area contributed by atoms with E-state index in [1.165, 1.54) is 0 Å². The van der Waals surface area contributed by atoms with E-state index in [0.717, 1.165) is 15.7 Å². The van der Waals surface area contributed by atoms with Crippen LogP contribution in [0.1, 0.15) is 15.9 Å². The summed E-state index contributed by atoms with van der Waals surface area (Å²) in [7, 11) is 0. The number of rotatable bonds is 5. The lowest BCUT2D eigenvalue weighted by molar-refractivity contribution is 0.102. The fraction of sp³-hybridized carbons (Fsp3) is 0.0500. The molecule has 0 atom stereocenters. The molecule has 120 valence electrons. The van der Waals surface area contributed by atoms with Crippen LogP contribution in [0, 0.1) is 0 Å². The summed E-state index contributed by atoms with van der Waals surface area (Å²) in [6.45, 7) is 0.417. The number of hydrogen-bond donors (Lipinski definition) is 1. The van der Waals surface area contributed by atoms with Gasteiger partial charge in [0.1, 0.15) is 12.4 Å². The zero-order chi connectivity index (χ0) is 16.8. The Kier molecular flexibility index (Phi) is 5.29. The number of para-hydroxylation sites is 2. The van der Waals surface area contributed by atoms with Gasteiger partial charge in [0.15, 0.2) is 0 Å². The van der Waals surface area contributed by atoms with Crippen molar-refractivity contribution in [2.24, 2.45) is 0 Å². The lowest BCUT2D eigenvalue weighted by Gasteiger charge is -2.12. The molecule has 3 nitrogen and oxygen atoms in total. The maximum Gasteiger partial charge on any atom is 0.259 e. The molecule has 0 radical (unpaired) electrons. The van der Waals surface area contributed by atoms with Gasteiger partial charge in [0.05, 0.1) is 11.3 Å². The van der Waals surface area contributed by atoms with Gasteiger partial charge in [-0.15, -0.1) is 0 Å². The SMILES string of the molecule is O=C(Nc1ccccc1Br)c1ccccc1OCc1ccccc1. The predicted molar refractivity (Wildman–Crippen MR) is 99.3 cm³/mol. The third kappa shape index (κ3) is 4.03. The number of halogens is 1. The second-order valence-electron chi connectivity index (χ2n) is 5.20. The fourth-order valence-corrected chi connectivity index (χ4v) is 2.65. The molecule has 0 spiro atoms. The number of amides is 1. The van der Waals surface area contributed by atoms with Crippen molar-refractivity contribution in [2.45, 2.75) is 6.61 Å². The summed E-state index contributed by atoms with van der Waals surface area (Å²) in [5.74, 6) is 0.358. The zero-order valence-electron chi connectivity index (χ0n) is 12.9. The van der Waals surface area contributed by atoms with Crippen LogP contribution in [0.5, 0.6) is 5.75 Å². The summed E-state index contributed by atoms with van der Waals surface area (Å²) in [5.41, 5.74) is 2.28. The van der Waals surface area contributed by atoms with Crippen LogP contribution in [0.2, 0.25) is 0 Å². The highest BCUT2D eigenvalue weighted by Crippen LogP contribution is 2.24. The zero-order valence-corrected chi connectivity index (χ0v) is 14.5. The lowest BCUT2D eigenvalue weighted by Crippen LogP contribution is -2.14. The van der Waals surface area contributed by atoms with E-state index in [0.29, 0.717) is 17.9 Å². The number of hydrogen-bond acceptors (Lipinski definition) is 2. The van der Waals surface area contributed by atoms with Gasteiger partial charge in [-0.2, -0.15) is 0 Å². The second kappa shape index (κ2) is 7.79. The van der Waals surface area contributed by atoms with E-state index in [2.05, 4.69) is 21.2 Å². The van der Waals surface area contributed by atoms with E-state index < -0.39 is 0 Å². The van der Waals surface area contributed by atoms with Gasteiger partial charge in [-0.05, 0) is 45.8 Å². The molecule has 0 aliphatic carbocycles. The Labute approximate surface area is 149 Å². The summed E-state index contributed by atoms with van der Waals surface area (Å²) in [6, 6.07) is 24.6. The molecule has 0 unspecified atom stereocenters. The second-order valence-corrected chi connectivity index (χ2v) is 6.06. The Morgan fingerprint density at radius 2 is 1.54 bits per heavy atom. The molecule has 0 saturated heterocycles. The van der Waals surface area contributed by atoms with E-state index in [4.69, 9.17) is 4.74 Å². The fourth-order valence-electron chi connectivity index (χ4n) is 2.27. The van der Waals surface area contributed by atoms with Crippen molar-refractivity contribution in [3.63, 3.8) is 0 Å². The van der Waals surface area contributed by atoms with Crippen LogP contribution in [0.4, 0.5) is 5.69 Å². The van der Waals surface area contributed by atoms with Crippen LogP contribution in [-0.4, -0.2) is 5.91 Å². The van der Waals surface area contributed by atoms with Gasteiger partial charge < -0.3 is 10.1 Å². The van der Waals surface area contributed by atoms with Crippen molar-refractivity contribution in [3.8, 4) is 5.75 Å². The van der Waals surface area contributed by atoms with Crippen LogP contribution in [0.25, 0.3) is 0 Å². The highest BCUT2D eigenvalue weighted by molar-refractivity contribution is 9.10. The minimum absolute atomic E-state index is 0.203. The van der Waals surface area contributed by atoms with Crippen LogP contribution < -0.4 is 10.1 Å². The van der Waals surface area contributed by atoms with E-state index >= 15 is 0 Å². The number of nitrogens with one attached hydrogen (secondary N) is 1. The topological polar surface area (TPSA) is 38.3 Å². The molecule has 0 heterocycles. The quantitative estimate of drug-likeness (QED) is 0.652. The number of carbonyl (C=O) groups is 1. The van der Waals surface area contributed by atoms with Crippen molar-refractivity contribution in [1.29, 1.82) is 0 Å². The first kappa shape index (κ1) is 16.3. The standard InChI is InChI=1S/C20H16BrNO2/c21-17-11-5-6-12-18(17)22-20(23)16-10-4-7-13-19(16)24-14-15-8-2-1-3-9-15/h1-13H,14H2,(H,22,23). The van der Waals surface area contributed by atoms with Crippen molar-refractivity contribution < 1.29 is 9.53 Å². The smallest absolute Gasteiger partial charge is 0.259 e. The van der Waals surface area contributed by atoms with Crippen molar-refractivity contribution in [3.05, 3.63) is 94.5 Å². The molecule has 0 saturated carbocycles. The summed E-state index contributed by atoms with van der Waals surface area (Å²) < 4.78 is 6.67. The Balaban J connectivity index is 1.76. The van der Waals surface area contributed by atoms with Crippen molar-refractivity contribution in [1.82, 2.24) is 0 Å². The summed E-state index contributed by atoms with van der Waals surface area (Å²) >= 11 is 3.43. The maximum atomic E-state index is 12.6. The minimum Gasteiger partial charge on any atom is -0.488 e. The van der Waals surface area contributed by atoms with Crippen molar-refractivity contribution in [2.75, 3.05) is 5.32 Å². The molecular formula is C20H16BrNO2. The van der Waals surface area contributed by atoms with Gasteiger partial charge in [0.25, 0.3) is 5.91 Å². The van der Waals surface area contributed by atoms with Crippen LogP contribution in [0.3, 0.4) is 0 Å². The summed E-state index contributed by atoms with van der Waals surface area (Å²) in [5, 5.41) is 2.90. The first-order valence-corrected chi connectivity index (χ1v) is 8.35. The van der Waals surface area contributed by atoms with Gasteiger partial charge in [0.2, 0.25) is 0 Å². The van der Waals surface area contributed by atoms with Crippen LogP contribution in [-0.2, 0) is 6.61 Å². The molecule has 0 aromatic heterocycles. The number of benzene rings is 3. The predicted octanol–water partition coefficient (Wildman–Crippen LogP) is 5.28. The highest BCUT2D eigenvalue weighted by atomic mass is 79.9. The number of anilines is 1. The first-order chi connectivity index (χ1) is 11.7. The molecule has 0 fully saturated rings. The van der Waals surface area contributed by atoms with E-state index in [9.17, 15) is 4.79 Å². The van der Waals surface area contributed by atoms with E-state index in [1.807, 2.05) is 66.7 Å². The molecule has 24 heavy (non-hydrogen) atoms. The Hall–Kier alpha value is -2.59. The Bertz CT molecular complexity index is 834. The molecule has 4 heteroatoms. The molecule has 3 rings (SSSR count). The van der Waals surface area contributed by atoms with Gasteiger partial charge in [-0.25, -0.2) is 0 Å². The third-order valence-electron chi connectivity index (χ3n) is 3.49. The average Bonchev–Trinajstić information content (AvgIpc) is 2.63. The maximum absolute atomic E-state index is 12.6. The molecule has 1 amide bonds. The Morgan fingerprint density at radius 1 is 0.875 bits per heavy atom. The number of carbonyl (C=O) groups excluding carboxylic acids is 1. The minimum atomic E-state index is -0.203. The summed E-state index contributed by atoms with van der Waals surface area (Å²) in [6.07, 6.45) is 0. The van der Waals surface area contributed by atoms with Crippen LogP contribution >= 0.6 is 15.9 Å². The molecule has 0 aliphatic rings. The molecule has 3 aromatic rings. The van der Waals surface area contributed by atoms with Gasteiger partial charge in [-0.3, -0.25) is 4.79 Å². The average molecular weight is 382 g/mol. The highest BCUT2D eigenvalue weighted by Gasteiger charge is 2.13. The molecule has 0 bridgehead atoms. The largest absolute Gasteiger partial charge is 0.488 e. The van der Waals surface area contributed by atoms with Gasteiger partial charge >= 0.3 is 0 Å².